The molecular weight excluding hydrogens is 1710 g/mol. The highest BCUT2D eigenvalue weighted by atomic mass is 28.3. The third-order valence-corrected chi connectivity index (χ3v) is 18.3. The van der Waals surface area contributed by atoms with Crippen molar-refractivity contribution >= 4 is 8.24 Å². The van der Waals surface area contributed by atoms with Crippen LogP contribution in [-0.2, 0) is 0 Å². The van der Waals surface area contributed by atoms with Crippen molar-refractivity contribution < 1.29 is 277 Å². The van der Waals surface area contributed by atoms with E-state index in [4.69, 9.17) is 5.40 Å². The number of hydrogen-bond acceptors (Lipinski definition) is 1. The molecule has 0 aliphatic rings. The van der Waals surface area contributed by atoms with Crippen LogP contribution in [0.4, 0.5) is 277 Å². The van der Waals surface area contributed by atoms with Crippen molar-refractivity contribution in [1.29, 1.82) is 0 Å². The first-order valence-corrected chi connectivity index (χ1v) is 26.8. The average molecular weight is 1730 g/mol. The summed E-state index contributed by atoms with van der Waals surface area (Å²) in [5, 5.41) is 5.11. The first kappa shape index (κ1) is 99.8. The highest BCUT2D eigenvalue weighted by Gasteiger charge is 3.02. The molecule has 626 valence electrons. The van der Waals surface area contributed by atoms with Gasteiger partial charge in [0.2, 0.25) is 0 Å². The van der Waals surface area contributed by atoms with Gasteiger partial charge < -0.3 is 5.40 Å². The molecule has 65 heteroatoms. The van der Waals surface area contributed by atoms with Gasteiger partial charge in [-0.2, -0.15) is 277 Å². The Morgan fingerprint density at radius 2 is 0.221 bits per heavy atom. The lowest BCUT2D eigenvalue weighted by molar-refractivity contribution is -0.474. The summed E-state index contributed by atoms with van der Waals surface area (Å²) in [5.74, 6) is -255. The fourth-order valence-electron chi connectivity index (χ4n) is 7.61. The smallest absolute Gasteiger partial charge is 0.351 e. The van der Waals surface area contributed by atoms with Crippen molar-refractivity contribution in [1.82, 2.24) is 0 Å². The van der Waals surface area contributed by atoms with Gasteiger partial charge in [-0.25, -0.2) is 0 Å². The molecule has 0 aliphatic heterocycles. The minimum absolute atomic E-state index is 2.95. The normalized spacial score (nSPS) is 17.2. The molecule has 0 saturated carbocycles. The zero-order chi connectivity index (χ0) is 85.9. The quantitative estimate of drug-likeness (QED) is 0.0491. The standard InChI is InChI=1S/C39H20F63NSi/c40-10(41,13(46,47)16(52,53)19(58,59)22(64,65)25(70,71)28(76,77)31(82,83)34(88,89)37(94,95)96)4-1-7-104(103,8-2-5-11(42,43)14(48,49)17(54,55)20(60,61)23(66,67)26(72,73)29(78,79)32(84,85)35(90,91)38(97,98)99)9-3-6-12(44,45)15(50,51)18(56,57)21(62,63)24(68,69)27(74,75)30(80,81)33(86,87)36(92,93)39(100,101)102/h1-9,103H2. The summed E-state index contributed by atoms with van der Waals surface area (Å²) < 4.78 is 873. The molecule has 0 aromatic carbocycles. The molecule has 0 aromatic heterocycles. The van der Waals surface area contributed by atoms with E-state index in [2.05, 4.69) is 0 Å². The Morgan fingerprint density at radius 1 is 0.135 bits per heavy atom. The maximum absolute atomic E-state index is 14.8. The summed E-state index contributed by atoms with van der Waals surface area (Å²) in [6.45, 7) is 0. The largest absolute Gasteiger partial charge is 0.460 e. The van der Waals surface area contributed by atoms with Crippen molar-refractivity contribution in [2.75, 3.05) is 0 Å². The van der Waals surface area contributed by atoms with Gasteiger partial charge in [0, 0.05) is 19.3 Å². The second kappa shape index (κ2) is 25.9. The van der Waals surface area contributed by atoms with E-state index < -0.39 is 243 Å². The molecule has 0 heterocycles. The van der Waals surface area contributed by atoms with E-state index >= 15 is 0 Å². The van der Waals surface area contributed by atoms with Gasteiger partial charge in [-0.05, 0) is 37.4 Å². The maximum Gasteiger partial charge on any atom is 0.460 e. The third-order valence-electron chi connectivity index (χ3n) is 14.2. The van der Waals surface area contributed by atoms with Crippen LogP contribution in [0.1, 0.15) is 38.5 Å². The minimum Gasteiger partial charge on any atom is -0.351 e. The molecule has 0 bridgehead atoms. The Kier molecular flexibility index (Phi) is 24.9. The summed E-state index contributed by atoms with van der Waals surface area (Å²) in [4.78, 5) is 0. The molecular formula is C39H20F63NSi. The van der Waals surface area contributed by atoms with E-state index in [0.29, 0.717) is 0 Å². The van der Waals surface area contributed by atoms with E-state index in [1.165, 1.54) is 0 Å². The van der Waals surface area contributed by atoms with Crippen LogP contribution in [0.25, 0.3) is 0 Å². The highest BCUT2D eigenvalue weighted by molar-refractivity contribution is 6.76. The van der Waals surface area contributed by atoms with Crippen LogP contribution in [0.2, 0.25) is 18.1 Å². The number of halogens is 63. The Morgan fingerprint density at radius 3 is 0.317 bits per heavy atom. The van der Waals surface area contributed by atoms with Crippen LogP contribution in [0.3, 0.4) is 0 Å². The topological polar surface area (TPSA) is 26.0 Å². The molecule has 0 saturated heterocycles. The van der Waals surface area contributed by atoms with Gasteiger partial charge in [-0.1, -0.05) is 0 Å². The molecule has 0 aliphatic carbocycles. The van der Waals surface area contributed by atoms with Gasteiger partial charge in [0.05, 0.1) is 0 Å². The van der Waals surface area contributed by atoms with Gasteiger partial charge in [-0.15, -0.1) is 0 Å². The van der Waals surface area contributed by atoms with Crippen molar-refractivity contribution in [3.8, 4) is 0 Å². The second-order valence-electron chi connectivity index (χ2n) is 21.3. The van der Waals surface area contributed by atoms with Gasteiger partial charge in [0.15, 0.2) is 0 Å². The summed E-state index contributed by atoms with van der Waals surface area (Å²) in [5.41, 5.74) is 0. The van der Waals surface area contributed by atoms with E-state index in [0.717, 1.165) is 0 Å². The lowest BCUT2D eigenvalue weighted by Crippen LogP contribution is -2.76. The molecule has 0 rings (SSSR count). The lowest BCUT2D eigenvalue weighted by atomic mass is 9.85. The van der Waals surface area contributed by atoms with Crippen molar-refractivity contribution in [3.05, 3.63) is 0 Å². The third kappa shape index (κ3) is 13.3. The first-order valence-electron chi connectivity index (χ1n) is 24.1. The lowest BCUT2D eigenvalue weighted by Gasteiger charge is -2.44. The zero-order valence-corrected chi connectivity index (χ0v) is 47.3. The molecule has 0 amide bonds. The molecule has 1 nitrogen and oxygen atoms in total. The molecule has 2 N–H and O–H groups in total. The summed E-state index contributed by atoms with van der Waals surface area (Å²) >= 11 is 0. The van der Waals surface area contributed by atoms with Crippen molar-refractivity contribution in [2.24, 2.45) is 5.40 Å². The number of nitrogens with two attached hydrogens (primary N) is 1. The van der Waals surface area contributed by atoms with E-state index in [-0.39, 0.29) is 0 Å². The molecule has 0 unspecified atom stereocenters. The summed E-state index contributed by atoms with van der Waals surface area (Å²) in [6.07, 6.45) is -47.9. The number of alkyl halides is 63. The van der Waals surface area contributed by atoms with Gasteiger partial charge in [0.25, 0.3) is 0 Å². The zero-order valence-electron chi connectivity index (χ0n) is 46.3. The fraction of sp³-hybridized carbons (Fsp3) is 1.00. The molecule has 104 heavy (non-hydrogen) atoms. The van der Waals surface area contributed by atoms with E-state index in [1.807, 2.05) is 0 Å². The Labute approximate surface area is 526 Å². The average Bonchev–Trinajstić information content (AvgIpc) is 0.696. The predicted octanol–water partition coefficient (Wildman–Crippen LogP) is 23.1. The summed E-state index contributed by atoms with van der Waals surface area (Å²) in [6, 6.07) is -8.84. The van der Waals surface area contributed by atoms with Crippen molar-refractivity contribution in [3.63, 3.8) is 0 Å². The maximum atomic E-state index is 14.8. The predicted molar refractivity (Wildman–Crippen MR) is 204 cm³/mol. The highest BCUT2D eigenvalue weighted by Crippen LogP contribution is 2.71. The van der Waals surface area contributed by atoms with Crippen LogP contribution >= 0.6 is 0 Å². The van der Waals surface area contributed by atoms with Crippen LogP contribution in [-0.4, -0.2) is 187 Å². The Balaban J connectivity index is 8.30. The minimum atomic E-state index is -9.98. The van der Waals surface area contributed by atoms with Gasteiger partial charge >= 0.3 is 178 Å². The van der Waals surface area contributed by atoms with Crippen LogP contribution < -0.4 is 5.40 Å². The van der Waals surface area contributed by atoms with Crippen molar-refractivity contribution in [2.45, 2.75) is 235 Å². The Hall–Kier alpha value is -4.23. The molecule has 0 radical (unpaired) electrons. The molecule has 0 fully saturated rings. The van der Waals surface area contributed by atoms with Crippen LogP contribution in [0, 0.1) is 0 Å². The van der Waals surface area contributed by atoms with Crippen LogP contribution in [0.5, 0.6) is 0 Å². The monoisotopic (exact) mass is 1730 g/mol. The number of hydrogen-bond donors (Lipinski definition) is 1. The van der Waals surface area contributed by atoms with Gasteiger partial charge in [-0.3, -0.25) is 0 Å². The Bertz CT molecular complexity index is 2640. The SMILES string of the molecule is N[Si](CCCC(F)(F)C(F)(F)C(F)(F)C(F)(F)C(F)(F)C(F)(F)C(F)(F)C(F)(F)C(F)(F)C(F)(F)F)(CCCC(F)(F)C(F)(F)C(F)(F)C(F)(F)C(F)(F)C(F)(F)C(F)(F)C(F)(F)C(F)(F)C(F)(F)F)CCCC(F)(F)C(F)(F)C(F)(F)C(F)(F)C(F)(F)C(F)(F)C(F)(F)C(F)(F)C(F)(F)C(F)(F)F. The number of rotatable bonds is 36. The molecule has 0 aromatic rings. The van der Waals surface area contributed by atoms with E-state index in [9.17, 15) is 277 Å². The van der Waals surface area contributed by atoms with Crippen LogP contribution in [0.15, 0.2) is 0 Å². The molecule has 0 atom stereocenters. The second-order valence-corrected chi connectivity index (χ2v) is 25.5. The molecule has 0 spiro atoms. The summed E-state index contributed by atoms with van der Waals surface area (Å²) in [7, 11) is -6.63. The van der Waals surface area contributed by atoms with E-state index in [1.54, 1.807) is 0 Å². The first-order chi connectivity index (χ1) is 43.9. The van der Waals surface area contributed by atoms with Gasteiger partial charge in [0.1, 0.15) is 8.24 Å². The fourth-order valence-corrected chi connectivity index (χ4v) is 11.0.